The second kappa shape index (κ2) is 1.32. The molecule has 2 N–H and O–H groups in total. The summed E-state index contributed by atoms with van der Waals surface area (Å²) in [6.07, 6.45) is 1.34. The standard InChI is InChI=1S/C7H14N2/c1-6-3-7(2,9-6)5-8-4-6/h8-9H,3-5H2,1-2H3. The first kappa shape index (κ1) is 5.69. The second-order valence-electron chi connectivity index (χ2n) is 4.03. The van der Waals surface area contributed by atoms with E-state index in [2.05, 4.69) is 24.5 Å². The normalized spacial score (nSPS) is 56.7. The number of piperazine rings is 1. The molecular weight excluding hydrogens is 112 g/mol. The van der Waals surface area contributed by atoms with Crippen LogP contribution >= 0.6 is 0 Å². The molecule has 0 aliphatic carbocycles. The van der Waals surface area contributed by atoms with Crippen LogP contribution in [0.5, 0.6) is 0 Å². The number of piperidine rings is 1. The summed E-state index contributed by atoms with van der Waals surface area (Å²) in [5.74, 6) is 0. The van der Waals surface area contributed by atoms with E-state index in [1.165, 1.54) is 6.42 Å². The lowest BCUT2D eigenvalue weighted by Crippen LogP contribution is -2.79. The zero-order valence-corrected chi connectivity index (χ0v) is 6.12. The van der Waals surface area contributed by atoms with Crippen molar-refractivity contribution in [1.29, 1.82) is 0 Å². The highest BCUT2D eigenvalue weighted by Crippen LogP contribution is 2.35. The van der Waals surface area contributed by atoms with Crippen molar-refractivity contribution in [1.82, 2.24) is 10.6 Å². The van der Waals surface area contributed by atoms with Gasteiger partial charge in [0.25, 0.3) is 0 Å². The lowest BCUT2D eigenvalue weighted by atomic mass is 9.71. The van der Waals surface area contributed by atoms with Gasteiger partial charge in [-0.05, 0) is 20.3 Å². The van der Waals surface area contributed by atoms with Crippen molar-refractivity contribution >= 4 is 0 Å². The van der Waals surface area contributed by atoms with E-state index in [1.54, 1.807) is 0 Å². The number of hydrogen-bond donors (Lipinski definition) is 2. The van der Waals surface area contributed by atoms with E-state index in [0.717, 1.165) is 13.1 Å². The third-order valence-corrected chi connectivity index (χ3v) is 2.41. The van der Waals surface area contributed by atoms with E-state index in [-0.39, 0.29) is 0 Å². The van der Waals surface area contributed by atoms with Crippen molar-refractivity contribution in [2.24, 2.45) is 0 Å². The Bertz CT molecular complexity index is 122. The third kappa shape index (κ3) is 0.700. The smallest absolute Gasteiger partial charge is 0.0301 e. The van der Waals surface area contributed by atoms with Crippen molar-refractivity contribution < 1.29 is 0 Å². The highest BCUT2D eigenvalue weighted by molar-refractivity contribution is 5.14. The summed E-state index contributed by atoms with van der Waals surface area (Å²) in [6.45, 7) is 6.84. The molecule has 3 heterocycles. The topological polar surface area (TPSA) is 24.1 Å². The van der Waals surface area contributed by atoms with Crippen LogP contribution in [0.2, 0.25) is 0 Å². The molecule has 2 nitrogen and oxygen atoms in total. The zero-order chi connectivity index (χ0) is 6.54. The maximum absolute atomic E-state index is 3.57. The Morgan fingerprint density at radius 2 is 1.56 bits per heavy atom. The van der Waals surface area contributed by atoms with Gasteiger partial charge in [-0.1, -0.05) is 0 Å². The van der Waals surface area contributed by atoms with Crippen LogP contribution in [-0.4, -0.2) is 24.2 Å². The van der Waals surface area contributed by atoms with Crippen LogP contribution < -0.4 is 10.6 Å². The Hall–Kier alpha value is -0.0800. The van der Waals surface area contributed by atoms with Crippen molar-refractivity contribution in [3.63, 3.8) is 0 Å². The number of nitrogens with one attached hydrogen (secondary N) is 2. The monoisotopic (exact) mass is 126 g/mol. The van der Waals surface area contributed by atoms with Crippen LogP contribution in [-0.2, 0) is 0 Å². The molecule has 0 aromatic heterocycles. The van der Waals surface area contributed by atoms with E-state index >= 15 is 0 Å². The average molecular weight is 126 g/mol. The summed E-state index contributed by atoms with van der Waals surface area (Å²) in [5, 5.41) is 6.97. The van der Waals surface area contributed by atoms with Gasteiger partial charge in [-0.2, -0.15) is 0 Å². The molecule has 3 aliphatic heterocycles. The van der Waals surface area contributed by atoms with Gasteiger partial charge in [-0.15, -0.1) is 0 Å². The minimum atomic E-state index is 0.424. The second-order valence-corrected chi connectivity index (χ2v) is 4.03. The summed E-state index contributed by atoms with van der Waals surface area (Å²) in [7, 11) is 0. The first-order valence-electron chi connectivity index (χ1n) is 3.62. The molecule has 0 saturated carbocycles. The minimum absolute atomic E-state index is 0.424. The van der Waals surface area contributed by atoms with Gasteiger partial charge in [-0.3, -0.25) is 0 Å². The van der Waals surface area contributed by atoms with E-state index in [0.29, 0.717) is 11.1 Å². The Labute approximate surface area is 56.0 Å². The summed E-state index contributed by atoms with van der Waals surface area (Å²) in [6, 6.07) is 0. The van der Waals surface area contributed by atoms with Crippen LogP contribution in [0.4, 0.5) is 0 Å². The van der Waals surface area contributed by atoms with Gasteiger partial charge in [0.15, 0.2) is 0 Å². The van der Waals surface area contributed by atoms with Crippen molar-refractivity contribution in [2.45, 2.75) is 31.3 Å². The highest BCUT2D eigenvalue weighted by Gasteiger charge is 2.50. The molecule has 52 valence electrons. The van der Waals surface area contributed by atoms with Crippen LogP contribution in [0.3, 0.4) is 0 Å². The summed E-state index contributed by atoms with van der Waals surface area (Å²) in [4.78, 5) is 0. The molecule has 3 rings (SSSR count). The molecule has 0 aromatic rings. The highest BCUT2D eigenvalue weighted by atomic mass is 15.2. The fourth-order valence-corrected chi connectivity index (χ4v) is 2.40. The maximum Gasteiger partial charge on any atom is 0.0301 e. The predicted molar refractivity (Wildman–Crippen MR) is 37.4 cm³/mol. The van der Waals surface area contributed by atoms with E-state index in [4.69, 9.17) is 0 Å². The molecular formula is C7H14N2. The molecule has 3 fully saturated rings. The Morgan fingerprint density at radius 1 is 1.11 bits per heavy atom. The molecule has 9 heavy (non-hydrogen) atoms. The van der Waals surface area contributed by atoms with Crippen molar-refractivity contribution in [2.75, 3.05) is 13.1 Å². The van der Waals surface area contributed by atoms with Gasteiger partial charge in [0.2, 0.25) is 0 Å². The van der Waals surface area contributed by atoms with Gasteiger partial charge in [0.1, 0.15) is 0 Å². The predicted octanol–water partition coefficient (Wildman–Crippen LogP) is 0.100. The summed E-state index contributed by atoms with van der Waals surface area (Å²) >= 11 is 0. The molecule has 0 amide bonds. The van der Waals surface area contributed by atoms with E-state index < -0.39 is 0 Å². The van der Waals surface area contributed by atoms with Gasteiger partial charge >= 0.3 is 0 Å². The SMILES string of the molecule is CC12CNCC(C)(C1)N2. The first-order chi connectivity index (χ1) is 4.12. The van der Waals surface area contributed by atoms with Gasteiger partial charge in [0, 0.05) is 24.2 Å². The minimum Gasteiger partial charge on any atom is -0.313 e. The van der Waals surface area contributed by atoms with Gasteiger partial charge in [-0.25, -0.2) is 0 Å². The lowest BCUT2D eigenvalue weighted by Gasteiger charge is -2.59. The average Bonchev–Trinajstić information content (AvgIpc) is 1.59. The summed E-state index contributed by atoms with van der Waals surface area (Å²) in [5.41, 5.74) is 0.847. The van der Waals surface area contributed by atoms with Crippen LogP contribution in [0, 0.1) is 0 Å². The molecule has 2 atom stereocenters. The molecule has 3 saturated heterocycles. The van der Waals surface area contributed by atoms with Gasteiger partial charge < -0.3 is 10.6 Å². The number of rotatable bonds is 0. The number of hydrogen-bond acceptors (Lipinski definition) is 2. The first-order valence-corrected chi connectivity index (χ1v) is 3.62. The Kier molecular flexibility index (Phi) is 0.837. The molecule has 0 radical (unpaired) electrons. The molecule has 2 bridgehead atoms. The quantitative estimate of drug-likeness (QED) is 0.481. The van der Waals surface area contributed by atoms with Crippen molar-refractivity contribution in [3.05, 3.63) is 0 Å². The van der Waals surface area contributed by atoms with Crippen LogP contribution in [0.1, 0.15) is 20.3 Å². The fourth-order valence-electron chi connectivity index (χ4n) is 2.40. The Morgan fingerprint density at radius 3 is 1.78 bits per heavy atom. The maximum atomic E-state index is 3.57. The summed E-state index contributed by atoms with van der Waals surface area (Å²) < 4.78 is 0. The molecule has 3 aliphatic rings. The lowest BCUT2D eigenvalue weighted by molar-refractivity contribution is 0.0301. The van der Waals surface area contributed by atoms with Crippen LogP contribution in [0.15, 0.2) is 0 Å². The van der Waals surface area contributed by atoms with E-state index in [1.807, 2.05) is 0 Å². The Balaban J connectivity index is 2.12. The zero-order valence-electron chi connectivity index (χ0n) is 6.12. The van der Waals surface area contributed by atoms with E-state index in [9.17, 15) is 0 Å². The van der Waals surface area contributed by atoms with Crippen LogP contribution in [0.25, 0.3) is 0 Å². The fraction of sp³-hybridized carbons (Fsp3) is 1.00. The third-order valence-electron chi connectivity index (χ3n) is 2.41. The van der Waals surface area contributed by atoms with Crippen molar-refractivity contribution in [3.8, 4) is 0 Å². The molecule has 2 unspecified atom stereocenters. The molecule has 0 spiro atoms. The molecule has 0 aromatic carbocycles. The number of fused-ring (bicyclic) bond motifs is 2. The molecule has 2 heteroatoms. The largest absolute Gasteiger partial charge is 0.313 e. The van der Waals surface area contributed by atoms with Gasteiger partial charge in [0.05, 0.1) is 0 Å².